The smallest absolute Gasteiger partial charge is 0.236 e. The summed E-state index contributed by atoms with van der Waals surface area (Å²) < 4.78 is 1.12. The Hall–Kier alpha value is -1.41. The lowest BCUT2D eigenvalue weighted by Gasteiger charge is -1.96. The average Bonchev–Trinajstić information content (AvgIpc) is 3.15. The molecule has 4 rings (SSSR count). The molecule has 0 unspecified atom stereocenters. The largest absolute Gasteiger partial charge is 0.304 e. The summed E-state index contributed by atoms with van der Waals surface area (Å²) in [5, 5.41) is 4.75. The molecule has 0 spiro atoms. The molecule has 0 atom stereocenters. The zero-order valence-corrected chi connectivity index (χ0v) is 14.2. The molecule has 22 heavy (non-hydrogen) atoms. The molecule has 2 aromatic heterocycles. The Balaban J connectivity index is 1.65. The number of hydrogen-bond donors (Lipinski definition) is 1. The number of hydrogen-bond acceptors (Lipinski definition) is 6. The van der Waals surface area contributed by atoms with Crippen molar-refractivity contribution in [2.75, 3.05) is 5.75 Å². The van der Waals surface area contributed by atoms with E-state index in [9.17, 15) is 4.79 Å². The number of amidine groups is 1. The maximum absolute atomic E-state index is 11.2. The second-order valence-electron chi connectivity index (χ2n) is 4.54. The van der Waals surface area contributed by atoms with E-state index < -0.39 is 0 Å². The minimum Gasteiger partial charge on any atom is -0.304 e. The third kappa shape index (κ3) is 2.77. The Morgan fingerprint density at radius 1 is 1.23 bits per heavy atom. The van der Waals surface area contributed by atoms with Crippen LogP contribution in [0.3, 0.4) is 0 Å². The number of rotatable bonds is 2. The number of carbonyl (C=O) groups is 1. The minimum absolute atomic E-state index is 0.00728. The Morgan fingerprint density at radius 2 is 2.05 bits per heavy atom. The summed E-state index contributed by atoms with van der Waals surface area (Å²) in [5.41, 5.74) is 2.07. The first-order chi connectivity index (χ1) is 10.7. The minimum atomic E-state index is -0.00728. The Kier molecular flexibility index (Phi) is 3.65. The van der Waals surface area contributed by atoms with Crippen molar-refractivity contribution in [1.29, 1.82) is 0 Å². The number of thioether (sulfide) groups is 1. The van der Waals surface area contributed by atoms with E-state index in [1.807, 2.05) is 24.3 Å². The first-order valence-corrected chi connectivity index (χ1v) is 9.35. The van der Waals surface area contributed by atoms with E-state index in [2.05, 4.69) is 21.4 Å². The van der Waals surface area contributed by atoms with E-state index in [0.717, 1.165) is 25.0 Å². The number of benzene rings is 1. The summed E-state index contributed by atoms with van der Waals surface area (Å²) in [6.45, 7) is 0. The number of thiophene rings is 1. The van der Waals surface area contributed by atoms with Crippen LogP contribution in [0, 0.1) is 0 Å². The summed E-state index contributed by atoms with van der Waals surface area (Å²) in [6.07, 6.45) is 0. The number of carbonyl (C=O) groups excluding carboxylic acids is 1. The zero-order chi connectivity index (χ0) is 15.1. The highest BCUT2D eigenvalue weighted by atomic mass is 35.5. The maximum atomic E-state index is 11.2. The maximum Gasteiger partial charge on any atom is 0.236 e. The molecule has 1 aromatic carbocycles. The summed E-state index contributed by atoms with van der Waals surface area (Å²) >= 11 is 10.5. The monoisotopic (exact) mass is 365 g/mol. The molecule has 0 radical (unpaired) electrons. The van der Waals surface area contributed by atoms with Crippen LogP contribution in [0.4, 0.5) is 5.13 Å². The van der Waals surface area contributed by atoms with Gasteiger partial charge in [0.05, 0.1) is 11.3 Å². The molecule has 0 bridgehead atoms. The Labute approximate surface area is 143 Å². The number of aromatic nitrogens is 1. The highest BCUT2D eigenvalue weighted by Crippen LogP contribution is 2.39. The molecular weight excluding hydrogens is 358 g/mol. The van der Waals surface area contributed by atoms with Crippen molar-refractivity contribution in [2.24, 2.45) is 4.99 Å². The molecule has 1 fully saturated rings. The molecule has 1 N–H and O–H groups in total. The number of fused-ring (bicyclic) bond motifs is 1. The normalized spacial score (nSPS) is 16.6. The van der Waals surface area contributed by atoms with Crippen molar-refractivity contribution in [3.8, 4) is 10.4 Å². The van der Waals surface area contributed by atoms with Gasteiger partial charge in [-0.05, 0) is 23.8 Å². The quantitative estimate of drug-likeness (QED) is 0.725. The first kappa shape index (κ1) is 14.2. The van der Waals surface area contributed by atoms with Gasteiger partial charge in [0, 0.05) is 9.90 Å². The molecule has 1 amide bonds. The molecule has 4 nitrogen and oxygen atoms in total. The SMILES string of the molecule is O=C1CS/C(=N\c2nc3cc(-c4ccc(Cl)cc4)sc3s2)N1. The lowest BCUT2D eigenvalue weighted by Crippen LogP contribution is -2.19. The van der Waals surface area contributed by atoms with E-state index in [1.54, 1.807) is 11.3 Å². The second-order valence-corrected chi connectivity index (χ2v) is 8.23. The highest BCUT2D eigenvalue weighted by Gasteiger charge is 2.17. The van der Waals surface area contributed by atoms with Crippen LogP contribution in [0.1, 0.15) is 0 Å². The number of nitrogens with one attached hydrogen (secondary N) is 1. The van der Waals surface area contributed by atoms with E-state index in [1.165, 1.54) is 23.1 Å². The van der Waals surface area contributed by atoms with Crippen molar-refractivity contribution in [3.05, 3.63) is 35.4 Å². The van der Waals surface area contributed by atoms with Gasteiger partial charge < -0.3 is 5.32 Å². The molecule has 1 saturated heterocycles. The van der Waals surface area contributed by atoms with Crippen LogP contribution >= 0.6 is 46.0 Å². The zero-order valence-electron chi connectivity index (χ0n) is 11.0. The van der Waals surface area contributed by atoms with Crippen LogP contribution in [0.15, 0.2) is 35.3 Å². The topological polar surface area (TPSA) is 54.4 Å². The van der Waals surface area contributed by atoms with Gasteiger partial charge >= 0.3 is 0 Å². The summed E-state index contributed by atoms with van der Waals surface area (Å²) in [7, 11) is 0. The van der Waals surface area contributed by atoms with Crippen LogP contribution in [0.2, 0.25) is 5.02 Å². The van der Waals surface area contributed by atoms with Crippen LogP contribution < -0.4 is 5.32 Å². The van der Waals surface area contributed by atoms with Gasteiger partial charge in [-0.3, -0.25) is 4.79 Å². The van der Waals surface area contributed by atoms with Crippen LogP contribution in [-0.2, 0) is 4.79 Å². The Bertz CT molecular complexity index is 866. The fourth-order valence-corrected chi connectivity index (χ4v) is 5.01. The second kappa shape index (κ2) is 5.66. The highest BCUT2D eigenvalue weighted by molar-refractivity contribution is 8.15. The molecular formula is C14H8ClN3OS3. The fourth-order valence-electron chi connectivity index (χ4n) is 2.00. The van der Waals surface area contributed by atoms with Crippen LogP contribution in [0.5, 0.6) is 0 Å². The average molecular weight is 366 g/mol. The summed E-state index contributed by atoms with van der Waals surface area (Å²) in [5.74, 6) is 0.423. The molecule has 1 aliphatic heterocycles. The summed E-state index contributed by atoms with van der Waals surface area (Å²) in [4.78, 5) is 21.2. The van der Waals surface area contributed by atoms with E-state index >= 15 is 0 Å². The number of amides is 1. The van der Waals surface area contributed by atoms with Gasteiger partial charge in [0.1, 0.15) is 4.01 Å². The van der Waals surface area contributed by atoms with E-state index in [0.29, 0.717) is 16.1 Å². The molecule has 0 saturated carbocycles. The summed E-state index contributed by atoms with van der Waals surface area (Å²) in [6, 6.07) is 9.84. The molecule has 3 heterocycles. The number of nitrogens with zero attached hydrogens (tertiary/aromatic N) is 2. The predicted octanol–water partition coefficient (Wildman–Crippen LogP) is 4.53. The van der Waals surface area contributed by atoms with Crippen molar-refractivity contribution in [1.82, 2.24) is 10.3 Å². The van der Waals surface area contributed by atoms with Gasteiger partial charge in [0.15, 0.2) is 5.17 Å². The lowest BCUT2D eigenvalue weighted by molar-refractivity contribution is -0.116. The standard InChI is InChI=1S/C14H8ClN3OS3/c15-8-3-1-7(2-4-8)10-5-9-12(21-10)22-14(16-9)18-13-17-11(19)6-20-13/h1-5H,6H2,(H,16,17,18,19). The molecule has 110 valence electrons. The van der Waals surface area contributed by atoms with Gasteiger partial charge in [-0.2, -0.15) is 4.99 Å². The predicted molar refractivity (Wildman–Crippen MR) is 95.6 cm³/mol. The Morgan fingerprint density at radius 3 is 2.73 bits per heavy atom. The van der Waals surface area contributed by atoms with Gasteiger partial charge in [0.25, 0.3) is 0 Å². The van der Waals surface area contributed by atoms with Crippen molar-refractivity contribution >= 4 is 71.8 Å². The van der Waals surface area contributed by atoms with Gasteiger partial charge in [-0.1, -0.05) is 46.8 Å². The molecule has 8 heteroatoms. The van der Waals surface area contributed by atoms with Crippen molar-refractivity contribution < 1.29 is 4.79 Å². The fraction of sp³-hybridized carbons (Fsp3) is 0.0714. The molecule has 0 aliphatic carbocycles. The van der Waals surface area contributed by atoms with Gasteiger partial charge in [0.2, 0.25) is 11.0 Å². The first-order valence-electron chi connectivity index (χ1n) is 6.35. The molecule has 1 aliphatic rings. The number of aliphatic imine (C=N–C) groups is 1. The molecule has 3 aromatic rings. The van der Waals surface area contributed by atoms with Crippen LogP contribution in [-0.4, -0.2) is 21.8 Å². The van der Waals surface area contributed by atoms with Gasteiger partial charge in [-0.15, -0.1) is 11.3 Å². The number of thiazole rings is 1. The third-order valence-corrected chi connectivity index (χ3v) is 6.34. The lowest BCUT2D eigenvalue weighted by atomic mass is 10.2. The van der Waals surface area contributed by atoms with Crippen LogP contribution in [0.25, 0.3) is 20.0 Å². The van der Waals surface area contributed by atoms with Gasteiger partial charge in [-0.25, -0.2) is 4.98 Å². The third-order valence-electron chi connectivity index (χ3n) is 2.99. The van der Waals surface area contributed by atoms with Crippen molar-refractivity contribution in [2.45, 2.75) is 0 Å². The number of halogens is 1. The van der Waals surface area contributed by atoms with E-state index in [-0.39, 0.29) is 5.91 Å². The van der Waals surface area contributed by atoms with Crippen molar-refractivity contribution in [3.63, 3.8) is 0 Å². The van der Waals surface area contributed by atoms with E-state index in [4.69, 9.17) is 11.6 Å².